The number of nitrogens with one attached hydrogen (secondary N) is 2. The van der Waals surface area contributed by atoms with Crippen molar-refractivity contribution in [1.29, 1.82) is 0 Å². The molecule has 2 N–H and O–H groups in total. The number of methoxy groups -OCH3 is 1. The summed E-state index contributed by atoms with van der Waals surface area (Å²) in [6.07, 6.45) is 1.34. The van der Waals surface area contributed by atoms with Crippen molar-refractivity contribution in [1.82, 2.24) is 10.2 Å². The molecule has 6 nitrogen and oxygen atoms in total. The summed E-state index contributed by atoms with van der Waals surface area (Å²) in [4.78, 5) is 28.4. The van der Waals surface area contributed by atoms with Crippen LogP contribution in [-0.4, -0.2) is 49.5 Å². The SMILES string of the molecule is COc1ccc(NC(=O)C2(N(C)C(=O)Cc3c(C)cc(Cl)cc3C)CCNCC2)cc1. The van der Waals surface area contributed by atoms with E-state index in [1.165, 1.54) is 0 Å². The minimum absolute atomic E-state index is 0.0831. The maximum Gasteiger partial charge on any atom is 0.250 e. The van der Waals surface area contributed by atoms with Crippen LogP contribution < -0.4 is 15.4 Å². The first-order valence-corrected chi connectivity index (χ1v) is 10.8. The van der Waals surface area contributed by atoms with Crippen LogP contribution in [0.1, 0.15) is 29.5 Å². The Morgan fingerprint density at radius 3 is 2.26 bits per heavy atom. The lowest BCUT2D eigenvalue weighted by molar-refractivity contribution is -0.144. The van der Waals surface area contributed by atoms with Gasteiger partial charge in [0.15, 0.2) is 0 Å². The third-order valence-electron chi connectivity index (χ3n) is 6.21. The van der Waals surface area contributed by atoms with Crippen LogP contribution in [0.25, 0.3) is 0 Å². The van der Waals surface area contributed by atoms with E-state index in [0.29, 0.717) is 36.6 Å². The molecule has 2 amide bonds. The van der Waals surface area contributed by atoms with Crippen molar-refractivity contribution in [3.8, 4) is 5.75 Å². The molecule has 0 unspecified atom stereocenters. The normalized spacial score (nSPS) is 15.3. The fraction of sp³-hybridized carbons (Fsp3) is 0.417. The number of aryl methyl sites for hydroxylation is 2. The van der Waals surface area contributed by atoms with Gasteiger partial charge >= 0.3 is 0 Å². The van der Waals surface area contributed by atoms with E-state index in [0.717, 1.165) is 22.4 Å². The fourth-order valence-electron chi connectivity index (χ4n) is 4.20. The van der Waals surface area contributed by atoms with E-state index in [2.05, 4.69) is 10.6 Å². The largest absolute Gasteiger partial charge is 0.497 e. The molecule has 2 aromatic rings. The van der Waals surface area contributed by atoms with Gasteiger partial charge in [-0.25, -0.2) is 0 Å². The maximum absolute atomic E-state index is 13.4. The molecule has 0 atom stereocenters. The third kappa shape index (κ3) is 5.02. The van der Waals surface area contributed by atoms with Crippen molar-refractivity contribution < 1.29 is 14.3 Å². The number of carbonyl (C=O) groups is 2. The average Bonchev–Trinajstić information content (AvgIpc) is 2.76. The second-order valence-corrected chi connectivity index (χ2v) is 8.55. The number of carbonyl (C=O) groups excluding carboxylic acids is 2. The molecule has 3 rings (SSSR count). The number of ether oxygens (including phenoxy) is 1. The summed E-state index contributed by atoms with van der Waals surface area (Å²) in [6, 6.07) is 10.9. The van der Waals surface area contributed by atoms with Gasteiger partial charge < -0.3 is 20.3 Å². The zero-order valence-corrected chi connectivity index (χ0v) is 19.3. The molecule has 1 aliphatic rings. The molecule has 1 saturated heterocycles. The van der Waals surface area contributed by atoms with E-state index in [1.54, 1.807) is 43.3 Å². The number of likely N-dealkylation sites (N-methyl/N-ethyl adjacent to an activating group) is 1. The van der Waals surface area contributed by atoms with Crippen LogP contribution in [0, 0.1) is 13.8 Å². The van der Waals surface area contributed by atoms with Crippen LogP contribution in [-0.2, 0) is 16.0 Å². The molecule has 0 saturated carbocycles. The number of benzene rings is 2. The molecule has 0 aliphatic carbocycles. The van der Waals surface area contributed by atoms with Crippen molar-refractivity contribution in [3.05, 3.63) is 58.1 Å². The van der Waals surface area contributed by atoms with Crippen molar-refractivity contribution in [2.45, 2.75) is 38.6 Å². The molecule has 0 bridgehead atoms. The van der Waals surface area contributed by atoms with Gasteiger partial charge in [0.25, 0.3) is 0 Å². The van der Waals surface area contributed by atoms with Gasteiger partial charge in [-0.1, -0.05) is 11.6 Å². The Kier molecular flexibility index (Phi) is 7.23. The number of rotatable bonds is 6. The monoisotopic (exact) mass is 443 g/mol. The minimum Gasteiger partial charge on any atom is -0.497 e. The molecule has 1 fully saturated rings. The first-order chi connectivity index (χ1) is 14.8. The highest BCUT2D eigenvalue weighted by Crippen LogP contribution is 2.29. The van der Waals surface area contributed by atoms with Crippen LogP contribution in [0.2, 0.25) is 5.02 Å². The van der Waals surface area contributed by atoms with Crippen molar-refractivity contribution >= 4 is 29.1 Å². The van der Waals surface area contributed by atoms with Crippen LogP contribution in [0.15, 0.2) is 36.4 Å². The van der Waals surface area contributed by atoms with Crippen molar-refractivity contribution in [2.24, 2.45) is 0 Å². The second-order valence-electron chi connectivity index (χ2n) is 8.11. The Morgan fingerprint density at radius 1 is 1.13 bits per heavy atom. The molecule has 7 heteroatoms. The Hall–Kier alpha value is -2.57. The Morgan fingerprint density at radius 2 is 1.71 bits per heavy atom. The number of piperidine rings is 1. The zero-order valence-electron chi connectivity index (χ0n) is 18.5. The molecular formula is C24H30ClN3O3. The summed E-state index contributed by atoms with van der Waals surface area (Å²) in [5, 5.41) is 6.95. The van der Waals surface area contributed by atoms with Gasteiger partial charge in [-0.15, -0.1) is 0 Å². The van der Waals surface area contributed by atoms with E-state index < -0.39 is 5.54 Å². The Balaban J connectivity index is 1.83. The van der Waals surface area contributed by atoms with Gasteiger partial charge in [-0.2, -0.15) is 0 Å². The molecule has 1 aliphatic heterocycles. The number of halogens is 1. The first-order valence-electron chi connectivity index (χ1n) is 10.5. The lowest BCUT2D eigenvalue weighted by atomic mass is 9.84. The van der Waals surface area contributed by atoms with Crippen LogP contribution in [0.5, 0.6) is 5.75 Å². The zero-order chi connectivity index (χ0) is 22.6. The van der Waals surface area contributed by atoms with E-state index in [1.807, 2.05) is 26.0 Å². The van der Waals surface area contributed by atoms with Gasteiger partial charge in [-0.05, 0) is 92.9 Å². The molecule has 0 aromatic heterocycles. The van der Waals surface area contributed by atoms with Gasteiger partial charge in [0, 0.05) is 17.8 Å². The highest BCUT2D eigenvalue weighted by atomic mass is 35.5. The Labute approximate surface area is 188 Å². The topological polar surface area (TPSA) is 70.7 Å². The van der Waals surface area contributed by atoms with Gasteiger partial charge in [-0.3, -0.25) is 9.59 Å². The first kappa shape index (κ1) is 23.1. The van der Waals surface area contributed by atoms with Crippen molar-refractivity contribution in [3.63, 3.8) is 0 Å². The minimum atomic E-state index is -0.906. The second kappa shape index (κ2) is 9.71. The quantitative estimate of drug-likeness (QED) is 0.713. The summed E-state index contributed by atoms with van der Waals surface area (Å²) in [6.45, 7) is 5.26. The van der Waals surface area contributed by atoms with Gasteiger partial charge in [0.1, 0.15) is 11.3 Å². The highest BCUT2D eigenvalue weighted by Gasteiger charge is 2.45. The molecule has 166 valence electrons. The summed E-state index contributed by atoms with van der Waals surface area (Å²) in [5.74, 6) is 0.468. The van der Waals surface area contributed by atoms with E-state index in [4.69, 9.17) is 16.3 Å². The van der Waals surface area contributed by atoms with E-state index in [9.17, 15) is 9.59 Å². The number of nitrogens with zero attached hydrogens (tertiary/aromatic N) is 1. The molecule has 0 radical (unpaired) electrons. The van der Waals surface area contributed by atoms with Gasteiger partial charge in [0.05, 0.1) is 13.5 Å². The summed E-state index contributed by atoms with van der Waals surface area (Å²) >= 11 is 6.14. The van der Waals surface area contributed by atoms with Gasteiger partial charge in [0.2, 0.25) is 11.8 Å². The number of hydrogen-bond acceptors (Lipinski definition) is 4. The highest BCUT2D eigenvalue weighted by molar-refractivity contribution is 6.30. The lowest BCUT2D eigenvalue weighted by Crippen LogP contribution is -2.62. The van der Waals surface area contributed by atoms with Crippen molar-refractivity contribution in [2.75, 3.05) is 32.6 Å². The summed E-state index contributed by atoms with van der Waals surface area (Å²) < 4.78 is 5.18. The standard InChI is InChI=1S/C24H30ClN3O3/c1-16-13-18(25)14-17(2)21(16)15-22(29)28(3)24(9-11-26-12-10-24)23(30)27-19-5-7-20(31-4)8-6-19/h5-8,13-14,26H,9-12,15H2,1-4H3,(H,27,30). The predicted octanol–water partition coefficient (Wildman–Crippen LogP) is 3.73. The van der Waals surface area contributed by atoms with Crippen LogP contribution in [0.3, 0.4) is 0 Å². The lowest BCUT2D eigenvalue weighted by Gasteiger charge is -2.43. The number of amides is 2. The molecule has 31 heavy (non-hydrogen) atoms. The van der Waals surface area contributed by atoms with E-state index >= 15 is 0 Å². The van der Waals surface area contributed by atoms with Crippen LogP contribution in [0.4, 0.5) is 5.69 Å². The molecule has 2 aromatic carbocycles. The summed E-state index contributed by atoms with van der Waals surface area (Å²) in [5.41, 5.74) is 2.69. The van der Waals surface area contributed by atoms with E-state index in [-0.39, 0.29) is 18.2 Å². The summed E-state index contributed by atoms with van der Waals surface area (Å²) in [7, 11) is 3.34. The number of anilines is 1. The number of hydrogen-bond donors (Lipinski definition) is 2. The predicted molar refractivity (Wildman–Crippen MR) is 124 cm³/mol. The third-order valence-corrected chi connectivity index (χ3v) is 6.42. The van der Waals surface area contributed by atoms with Crippen LogP contribution >= 0.6 is 11.6 Å². The molecule has 1 heterocycles. The maximum atomic E-state index is 13.4. The Bertz CT molecular complexity index is 930. The average molecular weight is 444 g/mol. The molecular weight excluding hydrogens is 414 g/mol. The fourth-order valence-corrected chi connectivity index (χ4v) is 4.53. The smallest absolute Gasteiger partial charge is 0.250 e. The molecule has 0 spiro atoms.